The Bertz CT molecular complexity index is 579. The minimum Gasteiger partial charge on any atom is -0.490 e. The predicted octanol–water partition coefficient (Wildman–Crippen LogP) is 3.74. The van der Waals surface area contributed by atoms with E-state index in [-0.39, 0.29) is 0 Å². The Morgan fingerprint density at radius 2 is 1.80 bits per heavy atom. The Kier molecular flexibility index (Phi) is 3.00. The first kappa shape index (κ1) is 12.0. The highest BCUT2D eigenvalue weighted by atomic mass is 16.5. The number of hydrogen-bond donors (Lipinski definition) is 1. The lowest BCUT2D eigenvalue weighted by Crippen LogP contribution is -2.14. The second kappa shape index (κ2) is 4.98. The maximum atomic E-state index is 5.88. The third-order valence-corrected chi connectivity index (χ3v) is 3.77. The zero-order chi connectivity index (χ0) is 13.4. The molecule has 1 aromatic heterocycles. The topological polar surface area (TPSA) is 34.4 Å². The van der Waals surface area contributed by atoms with Crippen molar-refractivity contribution in [1.29, 1.82) is 0 Å². The number of ether oxygens (including phenoxy) is 1. The average Bonchev–Trinajstić information content (AvgIpc) is 3.39. The first-order chi connectivity index (χ1) is 9.87. The number of nitrogens with one attached hydrogen (secondary N) is 1. The van der Waals surface area contributed by atoms with Gasteiger partial charge >= 0.3 is 0 Å². The van der Waals surface area contributed by atoms with Crippen LogP contribution in [0.15, 0.2) is 40.8 Å². The van der Waals surface area contributed by atoms with Gasteiger partial charge in [-0.15, -0.1) is 0 Å². The smallest absolute Gasteiger partial charge is 0.134 e. The van der Waals surface area contributed by atoms with Crippen molar-refractivity contribution in [3.05, 3.63) is 42.2 Å². The first-order valence-electron chi connectivity index (χ1n) is 7.46. The summed E-state index contributed by atoms with van der Waals surface area (Å²) in [6.07, 6.45) is 5.44. The molecule has 0 atom stereocenters. The molecule has 4 rings (SSSR count). The lowest BCUT2D eigenvalue weighted by atomic mass is 10.2. The van der Waals surface area contributed by atoms with E-state index in [1.54, 1.807) is 0 Å². The number of hydrogen-bond acceptors (Lipinski definition) is 3. The molecule has 2 aliphatic rings. The van der Waals surface area contributed by atoms with E-state index >= 15 is 0 Å². The van der Waals surface area contributed by atoms with Gasteiger partial charge in [0.15, 0.2) is 0 Å². The second-order valence-corrected chi connectivity index (χ2v) is 5.76. The highest BCUT2D eigenvalue weighted by molar-refractivity contribution is 5.58. The Hall–Kier alpha value is -1.74. The molecular weight excluding hydrogens is 250 g/mol. The lowest BCUT2D eigenvalue weighted by Gasteiger charge is -2.04. The zero-order valence-corrected chi connectivity index (χ0v) is 11.5. The Morgan fingerprint density at radius 3 is 2.50 bits per heavy atom. The molecule has 2 aromatic rings. The molecule has 3 heteroatoms. The van der Waals surface area contributed by atoms with E-state index in [4.69, 9.17) is 9.15 Å². The fourth-order valence-corrected chi connectivity index (χ4v) is 2.24. The van der Waals surface area contributed by atoms with Gasteiger partial charge in [-0.1, -0.05) is 0 Å². The van der Waals surface area contributed by atoms with Gasteiger partial charge in [0.2, 0.25) is 0 Å². The summed E-state index contributed by atoms with van der Waals surface area (Å²) in [6.45, 7) is 0.827. The average molecular weight is 269 g/mol. The van der Waals surface area contributed by atoms with Crippen molar-refractivity contribution in [2.45, 2.75) is 44.4 Å². The van der Waals surface area contributed by atoms with E-state index in [1.807, 2.05) is 18.2 Å². The molecule has 0 saturated heterocycles. The van der Waals surface area contributed by atoms with Crippen LogP contribution >= 0.6 is 0 Å². The van der Waals surface area contributed by atoms with Crippen molar-refractivity contribution in [3.63, 3.8) is 0 Å². The third kappa shape index (κ3) is 2.88. The van der Waals surface area contributed by atoms with E-state index in [2.05, 4.69) is 23.5 Å². The number of furan rings is 1. The van der Waals surface area contributed by atoms with Crippen LogP contribution in [0.5, 0.6) is 5.75 Å². The van der Waals surface area contributed by atoms with Gasteiger partial charge in [-0.25, -0.2) is 0 Å². The van der Waals surface area contributed by atoms with Gasteiger partial charge in [0.25, 0.3) is 0 Å². The van der Waals surface area contributed by atoms with Crippen LogP contribution in [0.3, 0.4) is 0 Å². The molecular formula is C17H19NO2. The van der Waals surface area contributed by atoms with E-state index in [1.165, 1.54) is 25.7 Å². The molecule has 0 amide bonds. The Morgan fingerprint density at radius 1 is 1.00 bits per heavy atom. The maximum Gasteiger partial charge on any atom is 0.134 e. The Balaban J connectivity index is 1.42. The monoisotopic (exact) mass is 269 g/mol. The van der Waals surface area contributed by atoms with Crippen molar-refractivity contribution in [2.24, 2.45) is 0 Å². The fourth-order valence-electron chi connectivity index (χ4n) is 2.24. The van der Waals surface area contributed by atoms with E-state index in [9.17, 15) is 0 Å². The van der Waals surface area contributed by atoms with E-state index in [0.717, 1.165) is 29.4 Å². The fraction of sp³-hybridized carbons (Fsp3) is 0.412. The number of rotatable bonds is 6. The number of benzene rings is 1. The van der Waals surface area contributed by atoms with Gasteiger partial charge in [0.05, 0.1) is 12.6 Å². The van der Waals surface area contributed by atoms with Gasteiger partial charge in [-0.05, 0) is 62.1 Å². The van der Waals surface area contributed by atoms with Crippen LogP contribution in [-0.2, 0) is 6.54 Å². The van der Waals surface area contributed by atoms with Gasteiger partial charge in [0, 0.05) is 11.6 Å². The highest BCUT2D eigenvalue weighted by Crippen LogP contribution is 2.29. The lowest BCUT2D eigenvalue weighted by molar-refractivity contribution is 0.303. The van der Waals surface area contributed by atoms with Gasteiger partial charge in [-0.2, -0.15) is 0 Å². The van der Waals surface area contributed by atoms with Gasteiger partial charge in [-0.3, -0.25) is 0 Å². The van der Waals surface area contributed by atoms with Crippen molar-refractivity contribution >= 4 is 0 Å². The van der Waals surface area contributed by atoms with Crippen molar-refractivity contribution < 1.29 is 9.15 Å². The quantitative estimate of drug-likeness (QED) is 0.867. The van der Waals surface area contributed by atoms with Crippen LogP contribution < -0.4 is 10.1 Å². The molecule has 0 bridgehead atoms. The molecule has 0 aliphatic heterocycles. The molecule has 2 fully saturated rings. The summed E-state index contributed by atoms with van der Waals surface area (Å²) in [6, 6.07) is 13.0. The summed E-state index contributed by atoms with van der Waals surface area (Å²) >= 11 is 0. The molecule has 0 unspecified atom stereocenters. The molecule has 104 valence electrons. The predicted molar refractivity (Wildman–Crippen MR) is 77.7 cm³/mol. The summed E-state index contributed by atoms with van der Waals surface area (Å²) in [5.74, 6) is 2.89. The van der Waals surface area contributed by atoms with Crippen LogP contribution in [0, 0.1) is 0 Å². The minimum atomic E-state index is 0.449. The standard InChI is InChI=1S/C17H19NO2/c1-5-14(19-15-7-8-15)6-2-12(1)17-10-9-16(20-17)11-18-13-3-4-13/h1-2,5-6,9-10,13,15,18H,3-4,7-8,11H2. The molecule has 3 nitrogen and oxygen atoms in total. The largest absolute Gasteiger partial charge is 0.490 e. The SMILES string of the molecule is c1cc(-c2ccc(CNC3CC3)o2)ccc1OC1CC1. The van der Waals surface area contributed by atoms with Crippen LogP contribution in [0.1, 0.15) is 31.4 Å². The highest BCUT2D eigenvalue weighted by Gasteiger charge is 2.23. The molecule has 2 aliphatic carbocycles. The second-order valence-electron chi connectivity index (χ2n) is 5.76. The molecule has 1 aromatic carbocycles. The van der Waals surface area contributed by atoms with E-state index < -0.39 is 0 Å². The van der Waals surface area contributed by atoms with Crippen molar-refractivity contribution in [3.8, 4) is 17.1 Å². The molecule has 2 saturated carbocycles. The van der Waals surface area contributed by atoms with Crippen LogP contribution in [0.2, 0.25) is 0 Å². The van der Waals surface area contributed by atoms with E-state index in [0.29, 0.717) is 12.1 Å². The Labute approximate surface area is 118 Å². The van der Waals surface area contributed by atoms with Crippen molar-refractivity contribution in [1.82, 2.24) is 5.32 Å². The van der Waals surface area contributed by atoms with Gasteiger partial charge in [0.1, 0.15) is 17.3 Å². The summed E-state index contributed by atoms with van der Waals surface area (Å²) in [4.78, 5) is 0. The summed E-state index contributed by atoms with van der Waals surface area (Å²) < 4.78 is 11.6. The van der Waals surface area contributed by atoms with Crippen LogP contribution in [-0.4, -0.2) is 12.1 Å². The summed E-state index contributed by atoms with van der Waals surface area (Å²) in [5, 5.41) is 3.46. The maximum absolute atomic E-state index is 5.88. The molecule has 20 heavy (non-hydrogen) atoms. The van der Waals surface area contributed by atoms with Crippen LogP contribution in [0.25, 0.3) is 11.3 Å². The zero-order valence-electron chi connectivity index (χ0n) is 11.5. The molecule has 1 N–H and O–H groups in total. The van der Waals surface area contributed by atoms with Crippen LogP contribution in [0.4, 0.5) is 0 Å². The first-order valence-corrected chi connectivity index (χ1v) is 7.46. The third-order valence-electron chi connectivity index (χ3n) is 3.77. The van der Waals surface area contributed by atoms with Crippen molar-refractivity contribution in [2.75, 3.05) is 0 Å². The normalized spacial score (nSPS) is 18.2. The minimum absolute atomic E-state index is 0.449. The summed E-state index contributed by atoms with van der Waals surface area (Å²) in [7, 11) is 0. The molecule has 0 spiro atoms. The molecule has 1 heterocycles. The van der Waals surface area contributed by atoms with Gasteiger partial charge < -0.3 is 14.5 Å². The summed E-state index contributed by atoms with van der Waals surface area (Å²) in [5.41, 5.74) is 1.10. The molecule has 0 radical (unpaired) electrons.